The number of aliphatic hydroxyl groups excluding tert-OH is 1. The van der Waals surface area contributed by atoms with Gasteiger partial charge < -0.3 is 10.4 Å². The molecule has 3 heteroatoms. The van der Waals surface area contributed by atoms with Crippen LogP contribution >= 0.6 is 0 Å². The van der Waals surface area contributed by atoms with E-state index in [1.54, 1.807) is 6.92 Å². The van der Waals surface area contributed by atoms with Gasteiger partial charge in [-0.2, -0.15) is 0 Å². The first-order valence-electron chi connectivity index (χ1n) is 5.92. The van der Waals surface area contributed by atoms with E-state index in [4.69, 9.17) is 5.11 Å². The maximum Gasteiger partial charge on any atom is 0.226 e. The second kappa shape index (κ2) is 5.82. The first-order chi connectivity index (χ1) is 7.92. The van der Waals surface area contributed by atoms with Crippen LogP contribution in [-0.2, 0) is 11.2 Å². The molecular weight excluding hydrogens is 214 g/mol. The van der Waals surface area contributed by atoms with Gasteiger partial charge in [-0.3, -0.25) is 4.79 Å². The van der Waals surface area contributed by atoms with Crippen molar-refractivity contribution in [2.45, 2.75) is 33.3 Å². The fourth-order valence-corrected chi connectivity index (χ4v) is 1.67. The van der Waals surface area contributed by atoms with E-state index in [-0.39, 0.29) is 5.91 Å². The van der Waals surface area contributed by atoms with Gasteiger partial charge in [0.15, 0.2) is 0 Å². The molecule has 1 aromatic carbocycles. The first kappa shape index (κ1) is 13.7. The number of carbonyl (C=O) groups is 1. The van der Waals surface area contributed by atoms with Gasteiger partial charge in [-0.05, 0) is 18.9 Å². The fraction of sp³-hybridized carbons (Fsp3) is 0.500. The van der Waals surface area contributed by atoms with Gasteiger partial charge in [0.1, 0.15) is 0 Å². The van der Waals surface area contributed by atoms with Crippen molar-refractivity contribution in [1.82, 2.24) is 5.32 Å². The van der Waals surface area contributed by atoms with E-state index >= 15 is 0 Å². The fourth-order valence-electron chi connectivity index (χ4n) is 1.67. The Morgan fingerprint density at radius 1 is 1.35 bits per heavy atom. The van der Waals surface area contributed by atoms with Gasteiger partial charge in [0, 0.05) is 12.0 Å². The lowest BCUT2D eigenvalue weighted by atomic mass is 9.85. The number of rotatable bonds is 5. The van der Waals surface area contributed by atoms with Crippen LogP contribution in [0.5, 0.6) is 0 Å². The van der Waals surface area contributed by atoms with E-state index in [9.17, 15) is 4.79 Å². The van der Waals surface area contributed by atoms with Crippen molar-refractivity contribution in [3.63, 3.8) is 0 Å². The highest BCUT2D eigenvalue weighted by Gasteiger charge is 2.27. The summed E-state index contributed by atoms with van der Waals surface area (Å²) >= 11 is 0. The molecule has 0 aliphatic heterocycles. The van der Waals surface area contributed by atoms with Crippen LogP contribution in [0.4, 0.5) is 0 Å². The molecule has 1 atom stereocenters. The molecule has 2 N–H and O–H groups in total. The summed E-state index contributed by atoms with van der Waals surface area (Å²) in [6, 6.07) is 9.94. The molecule has 0 spiro atoms. The average Bonchev–Trinajstić information content (AvgIpc) is 2.26. The minimum absolute atomic E-state index is 0.0257. The molecule has 3 nitrogen and oxygen atoms in total. The second-order valence-electron chi connectivity index (χ2n) is 5.11. The predicted octanol–water partition coefficient (Wildman–Crippen LogP) is 1.75. The number of amides is 1. The van der Waals surface area contributed by atoms with Gasteiger partial charge >= 0.3 is 0 Å². The third kappa shape index (κ3) is 4.57. The van der Waals surface area contributed by atoms with Crippen molar-refractivity contribution in [2.75, 3.05) is 6.54 Å². The van der Waals surface area contributed by atoms with Crippen molar-refractivity contribution < 1.29 is 9.90 Å². The van der Waals surface area contributed by atoms with Crippen molar-refractivity contribution >= 4 is 5.91 Å². The molecule has 94 valence electrons. The summed E-state index contributed by atoms with van der Waals surface area (Å²) in [4.78, 5) is 12.0. The Hall–Kier alpha value is -1.35. The van der Waals surface area contributed by atoms with E-state index in [2.05, 4.69) is 5.32 Å². The van der Waals surface area contributed by atoms with Crippen LogP contribution in [0.2, 0.25) is 0 Å². The van der Waals surface area contributed by atoms with Crippen LogP contribution in [0.3, 0.4) is 0 Å². The van der Waals surface area contributed by atoms with Gasteiger partial charge in [0.25, 0.3) is 0 Å². The lowest BCUT2D eigenvalue weighted by Crippen LogP contribution is -2.41. The minimum Gasteiger partial charge on any atom is -0.392 e. The number of hydrogen-bond acceptors (Lipinski definition) is 2. The van der Waals surface area contributed by atoms with E-state index in [0.717, 1.165) is 5.56 Å². The summed E-state index contributed by atoms with van der Waals surface area (Å²) in [6.45, 7) is 5.79. The number of aliphatic hydroxyl groups is 1. The maximum absolute atomic E-state index is 12.0. The zero-order valence-electron chi connectivity index (χ0n) is 10.7. The molecule has 0 heterocycles. The molecule has 1 aromatic rings. The third-order valence-corrected chi connectivity index (χ3v) is 2.66. The Morgan fingerprint density at radius 3 is 2.47 bits per heavy atom. The highest BCUT2D eigenvalue weighted by Crippen LogP contribution is 2.21. The van der Waals surface area contributed by atoms with Crippen LogP contribution in [0.1, 0.15) is 26.3 Å². The predicted molar refractivity (Wildman–Crippen MR) is 68.6 cm³/mol. The monoisotopic (exact) mass is 235 g/mol. The lowest BCUT2D eigenvalue weighted by molar-refractivity contribution is -0.129. The zero-order chi connectivity index (χ0) is 12.9. The molecule has 0 aromatic heterocycles. The molecule has 0 bridgehead atoms. The lowest BCUT2D eigenvalue weighted by Gasteiger charge is -2.24. The van der Waals surface area contributed by atoms with Gasteiger partial charge in [0.2, 0.25) is 5.91 Å². The molecule has 0 saturated carbocycles. The van der Waals surface area contributed by atoms with E-state index < -0.39 is 11.5 Å². The summed E-state index contributed by atoms with van der Waals surface area (Å²) in [7, 11) is 0. The largest absolute Gasteiger partial charge is 0.392 e. The number of nitrogens with one attached hydrogen (secondary N) is 1. The van der Waals surface area contributed by atoms with Crippen molar-refractivity contribution in [3.8, 4) is 0 Å². The quantitative estimate of drug-likeness (QED) is 0.817. The standard InChI is InChI=1S/C14H21NO2/c1-11(16)10-15-13(17)14(2,3)9-12-7-5-4-6-8-12/h4-8,11,16H,9-10H2,1-3H3,(H,15,17). The Bertz CT molecular complexity index is 358. The van der Waals surface area contributed by atoms with Crippen LogP contribution in [-0.4, -0.2) is 23.7 Å². The number of benzene rings is 1. The second-order valence-corrected chi connectivity index (χ2v) is 5.11. The Labute approximate surface area is 103 Å². The van der Waals surface area contributed by atoms with Crippen LogP contribution < -0.4 is 5.32 Å². The van der Waals surface area contributed by atoms with E-state index in [1.165, 1.54) is 0 Å². The SMILES string of the molecule is CC(O)CNC(=O)C(C)(C)Cc1ccccc1. The van der Waals surface area contributed by atoms with E-state index in [0.29, 0.717) is 13.0 Å². The summed E-state index contributed by atoms with van der Waals surface area (Å²) in [6.07, 6.45) is 0.186. The number of carbonyl (C=O) groups excluding carboxylic acids is 1. The molecule has 1 amide bonds. The van der Waals surface area contributed by atoms with Gasteiger partial charge in [0.05, 0.1) is 6.10 Å². The van der Waals surface area contributed by atoms with Crippen LogP contribution in [0.25, 0.3) is 0 Å². The summed E-state index contributed by atoms with van der Waals surface area (Å²) < 4.78 is 0. The molecule has 0 aliphatic rings. The smallest absolute Gasteiger partial charge is 0.226 e. The highest BCUT2D eigenvalue weighted by molar-refractivity contribution is 5.82. The Kier molecular flexibility index (Phi) is 4.70. The molecule has 0 saturated heterocycles. The molecule has 0 radical (unpaired) electrons. The maximum atomic E-state index is 12.0. The molecule has 17 heavy (non-hydrogen) atoms. The molecular formula is C14H21NO2. The summed E-state index contributed by atoms with van der Waals surface area (Å²) in [5.74, 6) is -0.0257. The first-order valence-corrected chi connectivity index (χ1v) is 5.92. The van der Waals surface area contributed by atoms with Crippen LogP contribution in [0.15, 0.2) is 30.3 Å². The third-order valence-electron chi connectivity index (χ3n) is 2.66. The molecule has 0 fully saturated rings. The molecule has 1 rings (SSSR count). The van der Waals surface area contributed by atoms with Gasteiger partial charge in [-0.25, -0.2) is 0 Å². The molecule has 1 unspecified atom stereocenters. The summed E-state index contributed by atoms with van der Waals surface area (Å²) in [5, 5.41) is 11.9. The number of hydrogen-bond donors (Lipinski definition) is 2. The van der Waals surface area contributed by atoms with Crippen molar-refractivity contribution in [3.05, 3.63) is 35.9 Å². The van der Waals surface area contributed by atoms with E-state index in [1.807, 2.05) is 44.2 Å². The Morgan fingerprint density at radius 2 is 1.94 bits per heavy atom. The normalized spacial score (nSPS) is 13.2. The van der Waals surface area contributed by atoms with Crippen molar-refractivity contribution in [1.29, 1.82) is 0 Å². The van der Waals surface area contributed by atoms with Crippen LogP contribution in [0, 0.1) is 5.41 Å². The summed E-state index contributed by atoms with van der Waals surface area (Å²) in [5.41, 5.74) is 0.681. The molecule has 0 aliphatic carbocycles. The van der Waals surface area contributed by atoms with Gasteiger partial charge in [-0.15, -0.1) is 0 Å². The average molecular weight is 235 g/mol. The topological polar surface area (TPSA) is 49.3 Å². The zero-order valence-corrected chi connectivity index (χ0v) is 10.7. The minimum atomic E-state index is -0.508. The van der Waals surface area contributed by atoms with Gasteiger partial charge in [-0.1, -0.05) is 44.2 Å². The van der Waals surface area contributed by atoms with Crippen molar-refractivity contribution in [2.24, 2.45) is 5.41 Å². The highest BCUT2D eigenvalue weighted by atomic mass is 16.3. The Balaban J connectivity index is 2.58.